The van der Waals surface area contributed by atoms with E-state index in [1.807, 2.05) is 0 Å². The van der Waals surface area contributed by atoms with Crippen LogP contribution in [0.1, 0.15) is 39.0 Å². The van der Waals surface area contributed by atoms with Gasteiger partial charge in [-0.3, -0.25) is 0 Å². The molecule has 0 aromatic heterocycles. The van der Waals surface area contributed by atoms with Crippen molar-refractivity contribution < 1.29 is 5.11 Å². The zero-order valence-corrected chi connectivity index (χ0v) is 8.29. The van der Waals surface area contributed by atoms with Crippen LogP contribution in [0.25, 0.3) is 0 Å². The number of hydrogen-bond donors (Lipinski definition) is 2. The molecule has 0 aliphatic heterocycles. The molecule has 0 heterocycles. The predicted molar refractivity (Wildman–Crippen MR) is 51.1 cm³/mol. The van der Waals surface area contributed by atoms with Gasteiger partial charge in [0.05, 0.1) is 5.60 Å². The lowest BCUT2D eigenvalue weighted by atomic mass is 9.48. The van der Waals surface area contributed by atoms with Crippen LogP contribution in [-0.4, -0.2) is 16.2 Å². The molecule has 3 N–H and O–H groups in total. The number of aliphatic hydroxyl groups is 1. The average molecular weight is 181 g/mol. The van der Waals surface area contributed by atoms with Gasteiger partial charge < -0.3 is 10.8 Å². The van der Waals surface area contributed by atoms with Crippen LogP contribution in [0.3, 0.4) is 0 Å². The van der Waals surface area contributed by atoms with Crippen molar-refractivity contribution >= 4 is 0 Å². The van der Waals surface area contributed by atoms with Crippen LogP contribution in [0, 0.1) is 17.8 Å². The van der Waals surface area contributed by atoms with Crippen LogP contribution in [0.2, 0.25) is 0 Å². The van der Waals surface area contributed by atoms with Crippen molar-refractivity contribution in [1.82, 2.24) is 0 Å². The molecule has 2 atom stereocenters. The largest absolute Gasteiger partial charge is 0.390 e. The summed E-state index contributed by atoms with van der Waals surface area (Å²) in [7, 11) is 0. The van der Waals surface area contributed by atoms with Crippen molar-refractivity contribution in [2.24, 2.45) is 23.5 Å². The van der Waals surface area contributed by atoms with Gasteiger partial charge in [0, 0.05) is 5.54 Å². The van der Waals surface area contributed by atoms with Gasteiger partial charge in [0.1, 0.15) is 0 Å². The van der Waals surface area contributed by atoms with E-state index in [0.29, 0.717) is 11.8 Å². The fourth-order valence-corrected chi connectivity index (χ4v) is 4.22. The van der Waals surface area contributed by atoms with Crippen LogP contribution in [0.4, 0.5) is 0 Å². The van der Waals surface area contributed by atoms with Gasteiger partial charge in [0.2, 0.25) is 0 Å². The second kappa shape index (κ2) is 2.12. The van der Waals surface area contributed by atoms with E-state index in [0.717, 1.165) is 25.2 Å². The van der Waals surface area contributed by atoms with Crippen molar-refractivity contribution in [2.75, 3.05) is 0 Å². The quantitative estimate of drug-likeness (QED) is 0.591. The van der Waals surface area contributed by atoms with Gasteiger partial charge in [-0.1, -0.05) is 0 Å². The molecule has 0 amide bonds. The third-order valence-corrected chi connectivity index (χ3v) is 4.92. The predicted octanol–water partition coefficient (Wildman–Crippen LogP) is 1.27. The third-order valence-electron chi connectivity index (χ3n) is 4.92. The first-order chi connectivity index (χ1) is 6.00. The summed E-state index contributed by atoms with van der Waals surface area (Å²) in [4.78, 5) is 0. The second-order valence-electron chi connectivity index (χ2n) is 5.93. The van der Waals surface area contributed by atoms with Crippen LogP contribution >= 0.6 is 0 Å². The zero-order valence-electron chi connectivity index (χ0n) is 8.29. The average Bonchev–Trinajstić information content (AvgIpc) is 1.97. The molecule has 0 spiro atoms. The smallest absolute Gasteiger partial charge is 0.0657 e. The summed E-state index contributed by atoms with van der Waals surface area (Å²) < 4.78 is 0. The Morgan fingerprint density at radius 3 is 2.15 bits per heavy atom. The molecule has 4 aliphatic carbocycles. The van der Waals surface area contributed by atoms with Gasteiger partial charge in [0.25, 0.3) is 0 Å². The molecule has 2 heteroatoms. The maximum Gasteiger partial charge on any atom is 0.0657 e. The summed E-state index contributed by atoms with van der Waals surface area (Å²) in [5.41, 5.74) is 6.05. The van der Waals surface area contributed by atoms with E-state index in [9.17, 15) is 5.11 Å². The Labute approximate surface area is 79.5 Å². The minimum atomic E-state index is -0.324. The lowest BCUT2D eigenvalue weighted by Gasteiger charge is -2.61. The van der Waals surface area contributed by atoms with Crippen LogP contribution in [0.5, 0.6) is 0 Å². The summed E-state index contributed by atoms with van der Waals surface area (Å²) in [5, 5.41) is 10.3. The molecule has 74 valence electrons. The van der Waals surface area contributed by atoms with Crippen molar-refractivity contribution in [1.29, 1.82) is 0 Å². The number of hydrogen-bond acceptors (Lipinski definition) is 2. The molecule has 0 saturated heterocycles. The molecule has 0 radical (unpaired) electrons. The molecular formula is C11H19NO. The van der Waals surface area contributed by atoms with Gasteiger partial charge >= 0.3 is 0 Å². The summed E-state index contributed by atoms with van der Waals surface area (Å²) in [6, 6.07) is 0. The van der Waals surface area contributed by atoms with Crippen molar-refractivity contribution in [3.63, 3.8) is 0 Å². The highest BCUT2D eigenvalue weighted by Crippen LogP contribution is 2.58. The lowest BCUT2D eigenvalue weighted by molar-refractivity contribution is -0.156. The maximum atomic E-state index is 10.3. The highest BCUT2D eigenvalue weighted by atomic mass is 16.3. The topological polar surface area (TPSA) is 46.2 Å². The molecule has 4 aliphatic rings. The summed E-state index contributed by atoms with van der Waals surface area (Å²) in [6.45, 7) is 2.20. The second-order valence-corrected chi connectivity index (χ2v) is 5.93. The Morgan fingerprint density at radius 1 is 1.15 bits per heavy atom. The molecule has 4 saturated carbocycles. The Morgan fingerprint density at radius 2 is 1.69 bits per heavy atom. The molecule has 13 heavy (non-hydrogen) atoms. The molecule has 4 fully saturated rings. The molecule has 0 aromatic carbocycles. The van der Waals surface area contributed by atoms with Crippen LogP contribution < -0.4 is 5.73 Å². The van der Waals surface area contributed by atoms with Gasteiger partial charge in [-0.15, -0.1) is 0 Å². The van der Waals surface area contributed by atoms with E-state index in [-0.39, 0.29) is 11.1 Å². The SMILES string of the molecule is CC1(N)C2CC3CC1CC(O)(C3)C2. The van der Waals surface area contributed by atoms with Crippen LogP contribution in [0.15, 0.2) is 0 Å². The Balaban J connectivity index is 1.99. The first-order valence-corrected chi connectivity index (χ1v) is 5.51. The molecule has 0 aromatic rings. The summed E-state index contributed by atoms with van der Waals surface area (Å²) in [6.07, 6.45) is 5.52. The molecule has 2 unspecified atom stereocenters. The Hall–Kier alpha value is -0.0800. The minimum absolute atomic E-state index is 0.0170. The van der Waals surface area contributed by atoms with E-state index in [1.165, 1.54) is 12.8 Å². The fraction of sp³-hybridized carbons (Fsp3) is 1.00. The summed E-state index contributed by atoms with van der Waals surface area (Å²) >= 11 is 0. The Bertz CT molecular complexity index is 230. The van der Waals surface area contributed by atoms with Crippen LogP contribution in [-0.2, 0) is 0 Å². The number of rotatable bonds is 0. The third kappa shape index (κ3) is 0.962. The van der Waals surface area contributed by atoms with Crippen molar-refractivity contribution in [2.45, 2.75) is 50.2 Å². The highest BCUT2D eigenvalue weighted by Gasteiger charge is 2.58. The van der Waals surface area contributed by atoms with E-state index < -0.39 is 0 Å². The standard InChI is InChI=1S/C11H19NO/c1-10(12)8-2-7-3-9(10)6-11(13,4-7)5-8/h7-9,13H,2-6,12H2,1H3. The molecule has 4 bridgehead atoms. The highest BCUT2D eigenvalue weighted by molar-refractivity contribution is 5.12. The minimum Gasteiger partial charge on any atom is -0.390 e. The monoisotopic (exact) mass is 181 g/mol. The van der Waals surface area contributed by atoms with Crippen molar-refractivity contribution in [3.8, 4) is 0 Å². The summed E-state index contributed by atoms with van der Waals surface area (Å²) in [5.74, 6) is 1.95. The van der Waals surface area contributed by atoms with Gasteiger partial charge in [-0.2, -0.15) is 0 Å². The van der Waals surface area contributed by atoms with Gasteiger partial charge in [-0.25, -0.2) is 0 Å². The number of nitrogens with two attached hydrogens (primary N) is 1. The normalized spacial score (nSPS) is 64.4. The first-order valence-electron chi connectivity index (χ1n) is 5.51. The van der Waals surface area contributed by atoms with Crippen molar-refractivity contribution in [3.05, 3.63) is 0 Å². The van der Waals surface area contributed by atoms with E-state index >= 15 is 0 Å². The fourth-order valence-electron chi connectivity index (χ4n) is 4.22. The van der Waals surface area contributed by atoms with E-state index in [4.69, 9.17) is 5.73 Å². The lowest BCUT2D eigenvalue weighted by Crippen LogP contribution is -2.66. The zero-order chi connectivity index (χ0) is 9.27. The maximum absolute atomic E-state index is 10.3. The van der Waals surface area contributed by atoms with Gasteiger partial charge in [0.15, 0.2) is 0 Å². The van der Waals surface area contributed by atoms with E-state index in [1.54, 1.807) is 0 Å². The van der Waals surface area contributed by atoms with Gasteiger partial charge in [-0.05, 0) is 56.8 Å². The Kier molecular flexibility index (Phi) is 1.34. The van der Waals surface area contributed by atoms with E-state index in [2.05, 4.69) is 6.92 Å². The first kappa shape index (κ1) is 8.25. The molecular weight excluding hydrogens is 162 g/mol. The molecule has 4 rings (SSSR count). The molecule has 2 nitrogen and oxygen atoms in total.